The van der Waals surface area contributed by atoms with Crippen LogP contribution >= 0.6 is 0 Å². The molecule has 1 aromatic carbocycles. The van der Waals surface area contributed by atoms with E-state index in [1.54, 1.807) is 6.26 Å². The number of benzene rings is 1. The molecule has 2 aromatic rings. The quantitative estimate of drug-likeness (QED) is 0.847. The Morgan fingerprint density at radius 3 is 2.90 bits per heavy atom. The zero-order valence-electron chi connectivity index (χ0n) is 12.0. The highest BCUT2D eigenvalue weighted by molar-refractivity contribution is 5.88. The topological polar surface area (TPSA) is 42.2 Å². The first kappa shape index (κ1) is 13.2. The number of fused-ring (bicyclic) bond motifs is 2. The molecule has 0 fully saturated rings. The van der Waals surface area contributed by atoms with Crippen molar-refractivity contribution in [3.63, 3.8) is 0 Å². The van der Waals surface area contributed by atoms with Gasteiger partial charge in [0.25, 0.3) is 0 Å². The van der Waals surface area contributed by atoms with Gasteiger partial charge in [-0.15, -0.1) is 0 Å². The van der Waals surface area contributed by atoms with Gasteiger partial charge in [-0.25, -0.2) is 0 Å². The van der Waals surface area contributed by atoms with E-state index in [1.807, 2.05) is 0 Å². The maximum Gasteiger partial charge on any atom is 0.224 e. The van der Waals surface area contributed by atoms with E-state index in [9.17, 15) is 4.79 Å². The van der Waals surface area contributed by atoms with Crippen molar-refractivity contribution in [3.05, 3.63) is 35.1 Å². The van der Waals surface area contributed by atoms with E-state index in [4.69, 9.17) is 4.42 Å². The first-order chi connectivity index (χ1) is 9.78. The normalized spacial score (nSPS) is 13.7. The van der Waals surface area contributed by atoms with Crippen LogP contribution in [0.4, 0.5) is 0 Å². The molecule has 20 heavy (non-hydrogen) atoms. The molecule has 0 unspecified atom stereocenters. The lowest BCUT2D eigenvalue weighted by atomic mass is 10.0. The Kier molecular flexibility index (Phi) is 3.77. The van der Waals surface area contributed by atoms with Crippen molar-refractivity contribution in [2.45, 2.75) is 45.4 Å². The minimum atomic E-state index is 0.0849. The molecule has 0 spiro atoms. The summed E-state index contributed by atoms with van der Waals surface area (Å²) in [5.41, 5.74) is 4.75. The third kappa shape index (κ3) is 2.58. The first-order valence-electron chi connectivity index (χ1n) is 7.56. The van der Waals surface area contributed by atoms with Crippen LogP contribution in [0.25, 0.3) is 11.0 Å². The lowest BCUT2D eigenvalue weighted by molar-refractivity contribution is -0.120. The van der Waals surface area contributed by atoms with Crippen molar-refractivity contribution < 1.29 is 9.21 Å². The van der Waals surface area contributed by atoms with Gasteiger partial charge in [-0.2, -0.15) is 0 Å². The van der Waals surface area contributed by atoms with Crippen molar-refractivity contribution in [3.8, 4) is 0 Å². The van der Waals surface area contributed by atoms with Crippen molar-refractivity contribution in [1.82, 2.24) is 5.32 Å². The van der Waals surface area contributed by atoms with Crippen molar-refractivity contribution in [2.24, 2.45) is 0 Å². The number of rotatable bonds is 5. The molecule has 1 aliphatic carbocycles. The first-order valence-corrected chi connectivity index (χ1v) is 7.56. The van der Waals surface area contributed by atoms with Crippen LogP contribution in [0.1, 0.15) is 42.9 Å². The summed E-state index contributed by atoms with van der Waals surface area (Å²) in [6.45, 7) is 2.89. The molecule has 3 rings (SSSR count). The Balaban J connectivity index is 1.77. The summed E-state index contributed by atoms with van der Waals surface area (Å²) < 4.78 is 5.62. The molecule has 0 radical (unpaired) electrons. The number of nitrogens with one attached hydrogen (secondary N) is 1. The lowest BCUT2D eigenvalue weighted by Gasteiger charge is -2.04. The number of carbonyl (C=O) groups excluding carboxylic acids is 1. The summed E-state index contributed by atoms with van der Waals surface area (Å²) in [4.78, 5) is 11.9. The number of aryl methyl sites for hydroxylation is 2. The van der Waals surface area contributed by atoms with Gasteiger partial charge >= 0.3 is 0 Å². The second-order valence-electron chi connectivity index (χ2n) is 5.61. The van der Waals surface area contributed by atoms with E-state index in [1.165, 1.54) is 17.5 Å². The number of furan rings is 1. The van der Waals surface area contributed by atoms with Crippen LogP contribution < -0.4 is 5.32 Å². The van der Waals surface area contributed by atoms with Gasteiger partial charge < -0.3 is 9.73 Å². The number of carbonyl (C=O) groups is 1. The molecule has 0 bridgehead atoms. The van der Waals surface area contributed by atoms with Crippen molar-refractivity contribution in [2.75, 3.05) is 6.54 Å². The Bertz CT molecular complexity index is 627. The van der Waals surface area contributed by atoms with Crippen molar-refractivity contribution >= 4 is 16.9 Å². The van der Waals surface area contributed by atoms with Gasteiger partial charge in [-0.05, 0) is 48.9 Å². The monoisotopic (exact) mass is 271 g/mol. The summed E-state index contributed by atoms with van der Waals surface area (Å²) >= 11 is 0. The van der Waals surface area contributed by atoms with Gasteiger partial charge in [-0.1, -0.05) is 13.3 Å². The lowest BCUT2D eigenvalue weighted by Crippen LogP contribution is -2.25. The van der Waals surface area contributed by atoms with Gasteiger partial charge in [0.15, 0.2) is 0 Å². The Morgan fingerprint density at radius 1 is 1.30 bits per heavy atom. The third-order valence-electron chi connectivity index (χ3n) is 4.07. The average Bonchev–Trinajstić information content (AvgIpc) is 3.03. The Labute approximate surface area is 119 Å². The molecule has 1 aromatic heterocycles. The Hall–Kier alpha value is -1.77. The zero-order valence-corrected chi connectivity index (χ0v) is 12.0. The van der Waals surface area contributed by atoms with Crippen LogP contribution in [0.2, 0.25) is 0 Å². The SMILES string of the molecule is CCCCNC(=O)Cc1coc2cc3c(cc12)CCC3. The molecule has 1 aliphatic rings. The molecule has 0 saturated heterocycles. The molecule has 3 nitrogen and oxygen atoms in total. The van der Waals surface area contributed by atoms with E-state index in [2.05, 4.69) is 24.4 Å². The van der Waals surface area contributed by atoms with Crippen LogP contribution in [0.15, 0.2) is 22.8 Å². The largest absolute Gasteiger partial charge is 0.464 e. The summed E-state index contributed by atoms with van der Waals surface area (Å²) in [7, 11) is 0. The number of hydrogen-bond acceptors (Lipinski definition) is 2. The summed E-state index contributed by atoms with van der Waals surface area (Å²) in [6, 6.07) is 4.37. The van der Waals surface area contributed by atoms with Gasteiger partial charge in [0, 0.05) is 17.5 Å². The fraction of sp³-hybridized carbons (Fsp3) is 0.471. The Morgan fingerprint density at radius 2 is 2.10 bits per heavy atom. The van der Waals surface area contributed by atoms with Gasteiger partial charge in [-0.3, -0.25) is 4.79 Å². The minimum absolute atomic E-state index is 0.0849. The molecule has 0 aliphatic heterocycles. The second-order valence-corrected chi connectivity index (χ2v) is 5.61. The summed E-state index contributed by atoms with van der Waals surface area (Å²) in [5, 5.41) is 4.07. The van der Waals surface area contributed by atoms with E-state index in [0.717, 1.165) is 48.8 Å². The van der Waals surface area contributed by atoms with Crippen LogP contribution in [0.3, 0.4) is 0 Å². The third-order valence-corrected chi connectivity index (χ3v) is 4.07. The number of unbranched alkanes of at least 4 members (excludes halogenated alkanes) is 1. The minimum Gasteiger partial charge on any atom is -0.464 e. The molecule has 1 heterocycles. The van der Waals surface area contributed by atoms with Crippen LogP contribution in [-0.2, 0) is 24.1 Å². The van der Waals surface area contributed by atoms with Gasteiger partial charge in [0.05, 0.1) is 12.7 Å². The molecular formula is C17H21NO2. The predicted molar refractivity (Wildman–Crippen MR) is 79.9 cm³/mol. The van der Waals surface area contributed by atoms with Crippen LogP contribution in [-0.4, -0.2) is 12.5 Å². The fourth-order valence-corrected chi connectivity index (χ4v) is 2.92. The van der Waals surface area contributed by atoms with E-state index < -0.39 is 0 Å². The fourth-order valence-electron chi connectivity index (χ4n) is 2.92. The van der Waals surface area contributed by atoms with Gasteiger partial charge in [0.1, 0.15) is 5.58 Å². The number of amides is 1. The molecule has 3 heteroatoms. The molecule has 1 N–H and O–H groups in total. The second kappa shape index (κ2) is 5.70. The standard InChI is InChI=1S/C17H21NO2/c1-2-3-7-18-17(19)10-14-11-20-16-9-13-6-4-5-12(13)8-15(14)16/h8-9,11H,2-7,10H2,1H3,(H,18,19). The maximum absolute atomic E-state index is 11.9. The molecule has 1 amide bonds. The molecule has 0 saturated carbocycles. The van der Waals surface area contributed by atoms with Crippen LogP contribution in [0.5, 0.6) is 0 Å². The van der Waals surface area contributed by atoms with Gasteiger partial charge in [0.2, 0.25) is 5.91 Å². The van der Waals surface area contributed by atoms with Crippen molar-refractivity contribution in [1.29, 1.82) is 0 Å². The predicted octanol–water partition coefficient (Wildman–Crippen LogP) is 3.38. The van der Waals surface area contributed by atoms with Crippen LogP contribution in [0, 0.1) is 0 Å². The van der Waals surface area contributed by atoms with E-state index in [0.29, 0.717) is 6.42 Å². The number of hydrogen-bond donors (Lipinski definition) is 1. The highest BCUT2D eigenvalue weighted by atomic mass is 16.3. The zero-order chi connectivity index (χ0) is 13.9. The average molecular weight is 271 g/mol. The van der Waals surface area contributed by atoms with E-state index >= 15 is 0 Å². The smallest absolute Gasteiger partial charge is 0.224 e. The highest BCUT2D eigenvalue weighted by Crippen LogP contribution is 2.30. The summed E-state index contributed by atoms with van der Waals surface area (Å²) in [5.74, 6) is 0.0849. The molecule has 106 valence electrons. The highest BCUT2D eigenvalue weighted by Gasteiger charge is 2.16. The maximum atomic E-state index is 11.9. The molecular weight excluding hydrogens is 250 g/mol. The molecule has 0 atom stereocenters. The summed E-state index contributed by atoms with van der Waals surface area (Å²) in [6.07, 6.45) is 7.81. The van der Waals surface area contributed by atoms with E-state index in [-0.39, 0.29) is 5.91 Å².